The molecule has 0 heterocycles. The minimum Gasteiger partial charge on any atom is -0.457 e. The minimum atomic E-state index is -0.477. The summed E-state index contributed by atoms with van der Waals surface area (Å²) in [6, 6.07) is 10.2. The van der Waals surface area contributed by atoms with Crippen molar-refractivity contribution in [3.8, 4) is 17.6 Å². The topological polar surface area (TPSA) is 102 Å². The molecule has 2 aromatic carbocycles. The fourth-order valence-electron chi connectivity index (χ4n) is 2.08. The van der Waals surface area contributed by atoms with Crippen molar-refractivity contribution in [1.29, 1.82) is 5.26 Å². The highest BCUT2D eigenvalue weighted by Gasteiger charge is 2.11. The van der Waals surface area contributed by atoms with Gasteiger partial charge in [0.15, 0.2) is 0 Å². The fraction of sp³-hybridized carbons (Fsp3) is 0.125. The van der Waals surface area contributed by atoms with Crippen LogP contribution < -0.4 is 16.2 Å². The van der Waals surface area contributed by atoms with Crippen LogP contribution in [0, 0.1) is 25.2 Å². The summed E-state index contributed by atoms with van der Waals surface area (Å²) in [7, 11) is 0. The van der Waals surface area contributed by atoms with E-state index in [2.05, 4.69) is 0 Å². The van der Waals surface area contributed by atoms with E-state index in [1.165, 1.54) is 0 Å². The third-order valence-electron chi connectivity index (χ3n) is 3.11. The van der Waals surface area contributed by atoms with Gasteiger partial charge < -0.3 is 16.2 Å². The first-order chi connectivity index (χ1) is 9.92. The van der Waals surface area contributed by atoms with Gasteiger partial charge in [0.2, 0.25) is 5.91 Å². The number of nitrogens with two attached hydrogens (primary N) is 2. The number of rotatable bonds is 3. The summed E-state index contributed by atoms with van der Waals surface area (Å²) in [5, 5.41) is 8.86. The van der Waals surface area contributed by atoms with Gasteiger partial charge in [0.1, 0.15) is 17.6 Å². The number of hydrogen-bond donors (Lipinski definition) is 2. The number of anilines is 1. The molecule has 0 aromatic heterocycles. The Hall–Kier alpha value is -3.00. The predicted octanol–water partition coefficient (Wildman–Crippen LogP) is 2.65. The molecular formula is C16H15N3O2. The van der Waals surface area contributed by atoms with Crippen LogP contribution in [0.3, 0.4) is 0 Å². The standard InChI is InChI=1S/C16H15N3O2/c1-9-5-12(16(19)20)6-10(2)15(9)21-13-4-3-11(8-17)14(18)7-13/h3-7H,18H2,1-2H3,(H2,19,20). The summed E-state index contributed by atoms with van der Waals surface area (Å²) in [6.07, 6.45) is 0. The smallest absolute Gasteiger partial charge is 0.248 e. The van der Waals surface area contributed by atoms with Crippen molar-refractivity contribution < 1.29 is 9.53 Å². The highest BCUT2D eigenvalue weighted by Crippen LogP contribution is 2.31. The first kappa shape index (κ1) is 14.4. The summed E-state index contributed by atoms with van der Waals surface area (Å²) in [4.78, 5) is 11.2. The first-order valence-electron chi connectivity index (χ1n) is 6.31. The molecule has 1 amide bonds. The number of carbonyl (C=O) groups is 1. The molecule has 106 valence electrons. The monoisotopic (exact) mass is 281 g/mol. The number of ether oxygens (including phenoxy) is 1. The molecule has 0 radical (unpaired) electrons. The second kappa shape index (κ2) is 5.55. The largest absolute Gasteiger partial charge is 0.457 e. The quantitative estimate of drug-likeness (QED) is 0.844. The van der Waals surface area contributed by atoms with Gasteiger partial charge in [-0.15, -0.1) is 0 Å². The Morgan fingerprint density at radius 1 is 1.19 bits per heavy atom. The third-order valence-corrected chi connectivity index (χ3v) is 3.11. The molecule has 0 aliphatic carbocycles. The number of benzene rings is 2. The number of nitriles is 1. The maximum Gasteiger partial charge on any atom is 0.248 e. The van der Waals surface area contributed by atoms with E-state index in [9.17, 15) is 4.79 Å². The average Bonchev–Trinajstić information content (AvgIpc) is 2.42. The molecule has 2 aromatic rings. The summed E-state index contributed by atoms with van der Waals surface area (Å²) in [5.74, 6) is 0.698. The van der Waals surface area contributed by atoms with Crippen molar-refractivity contribution in [2.24, 2.45) is 5.73 Å². The number of hydrogen-bond acceptors (Lipinski definition) is 4. The molecule has 0 aliphatic heterocycles. The predicted molar refractivity (Wildman–Crippen MR) is 80.1 cm³/mol. The Labute approximate surface area is 122 Å². The molecule has 0 atom stereocenters. The van der Waals surface area contributed by atoms with Crippen LogP contribution in [0.5, 0.6) is 11.5 Å². The SMILES string of the molecule is Cc1cc(C(N)=O)cc(C)c1Oc1ccc(C#N)c(N)c1. The van der Waals surface area contributed by atoms with Crippen LogP contribution in [0.4, 0.5) is 5.69 Å². The van der Waals surface area contributed by atoms with Crippen LogP contribution in [-0.4, -0.2) is 5.91 Å². The maximum atomic E-state index is 11.2. The van der Waals surface area contributed by atoms with E-state index >= 15 is 0 Å². The lowest BCUT2D eigenvalue weighted by Gasteiger charge is -2.13. The van der Waals surface area contributed by atoms with Gasteiger partial charge in [0, 0.05) is 11.6 Å². The lowest BCUT2D eigenvalue weighted by atomic mass is 10.1. The number of nitrogen functional groups attached to an aromatic ring is 1. The number of amides is 1. The zero-order valence-electron chi connectivity index (χ0n) is 11.8. The van der Waals surface area contributed by atoms with Crippen LogP contribution in [0.15, 0.2) is 30.3 Å². The summed E-state index contributed by atoms with van der Waals surface area (Å²) in [5.41, 5.74) is 13.8. The molecule has 2 rings (SSSR count). The van der Waals surface area contributed by atoms with E-state index in [1.807, 2.05) is 19.9 Å². The van der Waals surface area contributed by atoms with E-state index in [0.29, 0.717) is 28.3 Å². The molecule has 0 unspecified atom stereocenters. The van der Waals surface area contributed by atoms with Crippen molar-refractivity contribution >= 4 is 11.6 Å². The number of nitrogens with zero attached hydrogens (tertiary/aromatic N) is 1. The lowest BCUT2D eigenvalue weighted by Crippen LogP contribution is -2.11. The minimum absolute atomic E-state index is 0.360. The fourth-order valence-corrected chi connectivity index (χ4v) is 2.08. The maximum absolute atomic E-state index is 11.2. The van der Waals surface area contributed by atoms with Gasteiger partial charge >= 0.3 is 0 Å². The van der Waals surface area contributed by atoms with Crippen molar-refractivity contribution in [2.75, 3.05) is 5.73 Å². The molecule has 0 saturated heterocycles. The second-order valence-corrected chi connectivity index (χ2v) is 4.77. The molecular weight excluding hydrogens is 266 g/mol. The van der Waals surface area contributed by atoms with Gasteiger partial charge in [-0.1, -0.05) is 0 Å². The normalized spacial score (nSPS) is 9.95. The zero-order chi connectivity index (χ0) is 15.6. The van der Waals surface area contributed by atoms with Gasteiger partial charge in [-0.3, -0.25) is 4.79 Å². The summed E-state index contributed by atoms with van der Waals surface area (Å²) in [6.45, 7) is 3.67. The Balaban J connectivity index is 2.38. The molecule has 0 fully saturated rings. The van der Waals surface area contributed by atoms with E-state index in [1.54, 1.807) is 30.3 Å². The van der Waals surface area contributed by atoms with Gasteiger partial charge in [-0.05, 0) is 49.2 Å². The van der Waals surface area contributed by atoms with Crippen molar-refractivity contribution in [2.45, 2.75) is 13.8 Å². The Morgan fingerprint density at radius 2 is 1.81 bits per heavy atom. The summed E-state index contributed by atoms with van der Waals surface area (Å²) < 4.78 is 5.81. The first-order valence-corrected chi connectivity index (χ1v) is 6.31. The Bertz CT molecular complexity index is 738. The Morgan fingerprint density at radius 3 is 2.29 bits per heavy atom. The van der Waals surface area contributed by atoms with E-state index < -0.39 is 5.91 Å². The zero-order valence-corrected chi connectivity index (χ0v) is 11.8. The van der Waals surface area contributed by atoms with Crippen LogP contribution in [0.25, 0.3) is 0 Å². The molecule has 0 saturated carbocycles. The molecule has 4 N–H and O–H groups in total. The molecule has 21 heavy (non-hydrogen) atoms. The molecule has 5 heteroatoms. The van der Waals surface area contributed by atoms with Gasteiger partial charge in [0.25, 0.3) is 0 Å². The average molecular weight is 281 g/mol. The van der Waals surface area contributed by atoms with Crippen molar-refractivity contribution in [3.63, 3.8) is 0 Å². The summed E-state index contributed by atoms with van der Waals surface area (Å²) >= 11 is 0. The van der Waals surface area contributed by atoms with Gasteiger partial charge in [-0.25, -0.2) is 0 Å². The van der Waals surface area contributed by atoms with Crippen molar-refractivity contribution in [3.05, 3.63) is 52.6 Å². The molecule has 0 bridgehead atoms. The van der Waals surface area contributed by atoms with Crippen molar-refractivity contribution in [1.82, 2.24) is 0 Å². The number of carbonyl (C=O) groups excluding carboxylic acids is 1. The third kappa shape index (κ3) is 2.95. The van der Waals surface area contributed by atoms with Crippen LogP contribution in [-0.2, 0) is 0 Å². The van der Waals surface area contributed by atoms with Crippen LogP contribution >= 0.6 is 0 Å². The highest BCUT2D eigenvalue weighted by molar-refractivity contribution is 5.93. The number of aryl methyl sites for hydroxylation is 2. The molecule has 0 aliphatic rings. The highest BCUT2D eigenvalue weighted by atomic mass is 16.5. The van der Waals surface area contributed by atoms with E-state index in [0.717, 1.165) is 11.1 Å². The van der Waals surface area contributed by atoms with E-state index in [4.69, 9.17) is 21.5 Å². The second-order valence-electron chi connectivity index (χ2n) is 4.77. The van der Waals surface area contributed by atoms with E-state index in [-0.39, 0.29) is 0 Å². The molecule has 0 spiro atoms. The lowest BCUT2D eigenvalue weighted by molar-refractivity contribution is 0.1000. The van der Waals surface area contributed by atoms with Gasteiger partial charge in [0.05, 0.1) is 11.3 Å². The molecule has 5 nitrogen and oxygen atoms in total. The van der Waals surface area contributed by atoms with Gasteiger partial charge in [-0.2, -0.15) is 5.26 Å². The van der Waals surface area contributed by atoms with Crippen LogP contribution in [0.2, 0.25) is 0 Å². The number of primary amides is 1. The Kier molecular flexibility index (Phi) is 3.81. The van der Waals surface area contributed by atoms with Crippen LogP contribution in [0.1, 0.15) is 27.0 Å².